The zero-order valence-corrected chi connectivity index (χ0v) is 20.9. The number of rotatable bonds is 6. The molecule has 2 aliphatic rings. The van der Waals surface area contributed by atoms with E-state index in [0.717, 1.165) is 47.1 Å². The fourth-order valence-corrected chi connectivity index (χ4v) is 6.64. The Kier molecular flexibility index (Phi) is 7.19. The van der Waals surface area contributed by atoms with Gasteiger partial charge in [-0.15, -0.1) is 11.3 Å². The summed E-state index contributed by atoms with van der Waals surface area (Å²) < 4.78 is 0. The lowest BCUT2D eigenvalue weighted by Gasteiger charge is -2.36. The fourth-order valence-electron chi connectivity index (χ4n) is 5.48. The summed E-state index contributed by atoms with van der Waals surface area (Å²) in [4.78, 5) is 16.3. The second-order valence-corrected chi connectivity index (χ2v) is 10.9. The van der Waals surface area contributed by atoms with Crippen LogP contribution in [-0.4, -0.2) is 29.1 Å². The molecule has 1 fully saturated rings. The van der Waals surface area contributed by atoms with Crippen LogP contribution < -0.4 is 0 Å². The highest BCUT2D eigenvalue weighted by atomic mass is 35.5. The normalized spacial score (nSPS) is 17.8. The second kappa shape index (κ2) is 10.5. The SMILES string of the molecule is O=C(O)c1sc(-c2ccccc2)cc1C1=C(C2CCCCC2)CN(Cc2ccc(Cl)cc2)CC1. The van der Waals surface area contributed by atoms with E-state index in [0.29, 0.717) is 10.8 Å². The average Bonchev–Trinajstić information content (AvgIpc) is 3.32. The number of benzene rings is 2. The van der Waals surface area contributed by atoms with Crippen molar-refractivity contribution >= 4 is 34.5 Å². The molecule has 5 heteroatoms. The number of nitrogens with zero attached hydrogens (tertiary/aromatic N) is 1. The van der Waals surface area contributed by atoms with Gasteiger partial charge in [0.25, 0.3) is 0 Å². The van der Waals surface area contributed by atoms with E-state index < -0.39 is 5.97 Å². The topological polar surface area (TPSA) is 40.5 Å². The Bertz CT molecular complexity index is 1180. The quantitative estimate of drug-likeness (QED) is 0.379. The van der Waals surface area contributed by atoms with Crippen LogP contribution in [0.25, 0.3) is 16.0 Å². The van der Waals surface area contributed by atoms with E-state index in [1.165, 1.54) is 60.2 Å². The predicted octanol–water partition coefficient (Wildman–Crippen LogP) is 8.01. The number of carboxylic acids is 1. The van der Waals surface area contributed by atoms with Crippen LogP contribution in [0.3, 0.4) is 0 Å². The molecule has 176 valence electrons. The third-order valence-corrected chi connectivity index (χ3v) is 8.61. The van der Waals surface area contributed by atoms with Crippen LogP contribution in [0.1, 0.15) is 59.3 Å². The predicted molar refractivity (Wildman–Crippen MR) is 142 cm³/mol. The molecule has 3 aromatic rings. The van der Waals surface area contributed by atoms with Gasteiger partial charge in [-0.1, -0.05) is 73.3 Å². The molecule has 1 aliphatic heterocycles. The molecule has 1 aliphatic carbocycles. The Hall–Kier alpha value is -2.40. The summed E-state index contributed by atoms with van der Waals surface area (Å²) >= 11 is 7.49. The molecule has 2 heterocycles. The van der Waals surface area contributed by atoms with Gasteiger partial charge in [0.1, 0.15) is 4.88 Å². The van der Waals surface area contributed by atoms with Gasteiger partial charge in [0.15, 0.2) is 0 Å². The zero-order chi connectivity index (χ0) is 23.5. The second-order valence-electron chi connectivity index (χ2n) is 9.45. The van der Waals surface area contributed by atoms with Gasteiger partial charge in [-0.3, -0.25) is 4.90 Å². The fraction of sp³-hybridized carbons (Fsp3) is 0.345. The van der Waals surface area contributed by atoms with Crippen LogP contribution in [-0.2, 0) is 6.54 Å². The molecule has 2 aromatic carbocycles. The van der Waals surface area contributed by atoms with Crippen molar-refractivity contribution in [1.29, 1.82) is 0 Å². The van der Waals surface area contributed by atoms with Crippen LogP contribution in [0.2, 0.25) is 5.02 Å². The Morgan fingerprint density at radius 2 is 1.76 bits per heavy atom. The number of carbonyl (C=O) groups is 1. The van der Waals surface area contributed by atoms with Crippen molar-refractivity contribution in [1.82, 2.24) is 4.90 Å². The molecular weight excluding hydrogens is 462 g/mol. The van der Waals surface area contributed by atoms with E-state index in [4.69, 9.17) is 11.6 Å². The molecule has 1 saturated carbocycles. The van der Waals surface area contributed by atoms with E-state index in [1.807, 2.05) is 30.3 Å². The molecule has 1 N–H and O–H groups in total. The molecule has 0 bridgehead atoms. The number of carboxylic acid groups (broad SMARTS) is 1. The molecule has 0 radical (unpaired) electrons. The molecule has 1 aromatic heterocycles. The van der Waals surface area contributed by atoms with Crippen molar-refractivity contribution in [3.63, 3.8) is 0 Å². The summed E-state index contributed by atoms with van der Waals surface area (Å²) in [6.07, 6.45) is 7.17. The van der Waals surface area contributed by atoms with E-state index in [9.17, 15) is 9.90 Å². The smallest absolute Gasteiger partial charge is 0.346 e. The highest BCUT2D eigenvalue weighted by Gasteiger charge is 2.30. The van der Waals surface area contributed by atoms with Crippen molar-refractivity contribution in [2.45, 2.75) is 45.1 Å². The average molecular weight is 492 g/mol. The summed E-state index contributed by atoms with van der Waals surface area (Å²) in [5, 5.41) is 10.9. The van der Waals surface area contributed by atoms with E-state index in [2.05, 4.69) is 35.2 Å². The van der Waals surface area contributed by atoms with Crippen LogP contribution in [0.4, 0.5) is 0 Å². The first-order valence-corrected chi connectivity index (χ1v) is 13.4. The molecule has 0 saturated heterocycles. The van der Waals surface area contributed by atoms with Crippen molar-refractivity contribution in [3.05, 3.63) is 87.3 Å². The lowest BCUT2D eigenvalue weighted by molar-refractivity contribution is 0.0702. The van der Waals surface area contributed by atoms with Crippen molar-refractivity contribution in [2.75, 3.05) is 13.1 Å². The molecule has 34 heavy (non-hydrogen) atoms. The van der Waals surface area contributed by atoms with Gasteiger partial charge in [0.05, 0.1) is 0 Å². The lowest BCUT2D eigenvalue weighted by atomic mass is 9.78. The highest BCUT2D eigenvalue weighted by Crippen LogP contribution is 2.43. The van der Waals surface area contributed by atoms with Gasteiger partial charge >= 0.3 is 5.97 Å². The minimum atomic E-state index is -0.818. The van der Waals surface area contributed by atoms with Crippen LogP contribution >= 0.6 is 22.9 Å². The maximum atomic E-state index is 12.3. The number of hydrogen-bond acceptors (Lipinski definition) is 3. The summed E-state index contributed by atoms with van der Waals surface area (Å²) in [6, 6.07) is 20.4. The molecule has 0 amide bonds. The number of thiophene rings is 1. The molecular formula is C29H30ClNO2S. The summed E-state index contributed by atoms with van der Waals surface area (Å²) in [5.41, 5.74) is 6.06. The number of aromatic carboxylic acids is 1. The van der Waals surface area contributed by atoms with Gasteiger partial charge in [-0.05, 0) is 65.7 Å². The summed E-state index contributed by atoms with van der Waals surface area (Å²) in [5.74, 6) is -0.264. The van der Waals surface area contributed by atoms with Gasteiger partial charge < -0.3 is 5.11 Å². The Labute approximate surface area is 210 Å². The number of halogens is 1. The maximum Gasteiger partial charge on any atom is 0.346 e. The third-order valence-electron chi connectivity index (χ3n) is 7.19. The molecule has 0 unspecified atom stereocenters. The van der Waals surface area contributed by atoms with E-state index in [1.54, 1.807) is 0 Å². The lowest BCUT2D eigenvalue weighted by Crippen LogP contribution is -2.34. The monoisotopic (exact) mass is 491 g/mol. The van der Waals surface area contributed by atoms with Crippen LogP contribution in [0, 0.1) is 5.92 Å². The Balaban J connectivity index is 1.52. The minimum absolute atomic E-state index is 0.480. The molecule has 0 spiro atoms. The molecule has 0 atom stereocenters. The Morgan fingerprint density at radius 1 is 1.03 bits per heavy atom. The first-order valence-electron chi connectivity index (χ1n) is 12.2. The summed E-state index contributed by atoms with van der Waals surface area (Å²) in [7, 11) is 0. The molecule has 5 rings (SSSR count). The number of hydrogen-bond donors (Lipinski definition) is 1. The van der Waals surface area contributed by atoms with Gasteiger partial charge in [0.2, 0.25) is 0 Å². The van der Waals surface area contributed by atoms with Crippen molar-refractivity contribution in [2.24, 2.45) is 5.92 Å². The zero-order valence-electron chi connectivity index (χ0n) is 19.3. The van der Waals surface area contributed by atoms with E-state index in [-0.39, 0.29) is 0 Å². The first kappa shape index (κ1) is 23.3. The van der Waals surface area contributed by atoms with Gasteiger partial charge in [-0.2, -0.15) is 0 Å². The highest BCUT2D eigenvalue weighted by molar-refractivity contribution is 7.17. The van der Waals surface area contributed by atoms with Gasteiger partial charge in [0, 0.05) is 35.1 Å². The van der Waals surface area contributed by atoms with E-state index >= 15 is 0 Å². The van der Waals surface area contributed by atoms with Crippen LogP contribution in [0.15, 0.2) is 66.2 Å². The largest absolute Gasteiger partial charge is 0.477 e. The maximum absolute atomic E-state index is 12.3. The molecule has 3 nitrogen and oxygen atoms in total. The standard InChI is InChI=1S/C29H30ClNO2S/c30-23-13-11-20(12-14-23)18-31-16-15-24(26(19-31)21-7-3-1-4-8-21)25-17-27(34-28(25)29(32)33)22-9-5-2-6-10-22/h2,5-6,9-14,17,21H,1,3-4,7-8,15-16,18-19H2,(H,32,33). The third kappa shape index (κ3) is 5.14. The minimum Gasteiger partial charge on any atom is -0.477 e. The summed E-state index contributed by atoms with van der Waals surface area (Å²) in [6.45, 7) is 2.74. The first-order chi connectivity index (χ1) is 16.6. The van der Waals surface area contributed by atoms with Crippen molar-refractivity contribution in [3.8, 4) is 10.4 Å². The Morgan fingerprint density at radius 3 is 2.47 bits per heavy atom. The van der Waals surface area contributed by atoms with Crippen molar-refractivity contribution < 1.29 is 9.90 Å². The van der Waals surface area contributed by atoms with Crippen LogP contribution in [0.5, 0.6) is 0 Å². The van der Waals surface area contributed by atoms with Gasteiger partial charge in [-0.25, -0.2) is 4.79 Å².